The minimum Gasteiger partial charge on any atom is -0.345 e. The summed E-state index contributed by atoms with van der Waals surface area (Å²) in [5.41, 5.74) is 1.41. The first-order chi connectivity index (χ1) is 16.2. The number of aromatic nitrogens is 3. The topological polar surface area (TPSA) is 132 Å². The molecule has 13 heteroatoms. The Morgan fingerprint density at radius 1 is 1.15 bits per heavy atom. The zero-order chi connectivity index (χ0) is 24.8. The largest absolute Gasteiger partial charge is 0.345 e. The first-order valence-corrected chi connectivity index (χ1v) is 11.8. The number of anilines is 1. The SMILES string of the molecule is CCn1c(CNC(=O)c2ccc(Cl)c(Cl)c2)nnc1SCC(=O)Nc1ccc([N+](=O)[O-])cc1C. The number of amides is 2. The number of benzene rings is 2. The summed E-state index contributed by atoms with van der Waals surface area (Å²) in [7, 11) is 0. The molecule has 34 heavy (non-hydrogen) atoms. The molecule has 0 aliphatic heterocycles. The Bertz CT molecular complexity index is 1250. The van der Waals surface area contributed by atoms with Crippen LogP contribution in [0, 0.1) is 17.0 Å². The molecule has 178 valence electrons. The normalized spacial score (nSPS) is 10.7. The minimum atomic E-state index is -0.489. The van der Waals surface area contributed by atoms with E-state index in [0.717, 1.165) is 0 Å². The first kappa shape index (κ1) is 25.5. The zero-order valence-electron chi connectivity index (χ0n) is 18.2. The van der Waals surface area contributed by atoms with Crippen molar-refractivity contribution in [2.24, 2.45) is 0 Å². The Morgan fingerprint density at radius 3 is 2.56 bits per heavy atom. The van der Waals surface area contributed by atoms with Crippen molar-refractivity contribution < 1.29 is 14.5 Å². The van der Waals surface area contributed by atoms with Crippen LogP contribution in [-0.4, -0.2) is 37.3 Å². The van der Waals surface area contributed by atoms with Gasteiger partial charge in [0.2, 0.25) is 5.91 Å². The lowest BCUT2D eigenvalue weighted by Crippen LogP contribution is -2.24. The van der Waals surface area contributed by atoms with Crippen LogP contribution in [0.3, 0.4) is 0 Å². The molecule has 0 aliphatic carbocycles. The number of rotatable bonds is 9. The monoisotopic (exact) mass is 522 g/mol. The van der Waals surface area contributed by atoms with Gasteiger partial charge in [0.25, 0.3) is 11.6 Å². The van der Waals surface area contributed by atoms with Gasteiger partial charge < -0.3 is 15.2 Å². The van der Waals surface area contributed by atoms with E-state index in [9.17, 15) is 19.7 Å². The summed E-state index contributed by atoms with van der Waals surface area (Å²) in [5, 5.41) is 25.8. The van der Waals surface area contributed by atoms with Gasteiger partial charge in [0.1, 0.15) is 0 Å². The van der Waals surface area contributed by atoms with Crippen LogP contribution in [0.1, 0.15) is 28.7 Å². The number of carbonyl (C=O) groups excluding carboxylic acids is 2. The molecular formula is C21H20Cl2N6O4S. The number of halogens is 2. The second-order valence-corrected chi connectivity index (χ2v) is 8.80. The summed E-state index contributed by atoms with van der Waals surface area (Å²) >= 11 is 13.0. The number of nitrogens with zero attached hydrogens (tertiary/aromatic N) is 4. The van der Waals surface area contributed by atoms with E-state index in [-0.39, 0.29) is 34.8 Å². The standard InChI is InChI=1S/C21H20Cl2N6O4S/c1-3-28-18(10-24-20(31)13-4-6-15(22)16(23)9-13)26-27-21(28)34-11-19(30)25-17-7-5-14(29(32)33)8-12(17)2/h4-9H,3,10-11H2,1-2H3,(H,24,31)(H,25,30). The predicted molar refractivity (Wildman–Crippen MR) is 131 cm³/mol. The third kappa shape index (κ3) is 6.25. The van der Waals surface area contributed by atoms with E-state index in [1.165, 1.54) is 36.0 Å². The van der Waals surface area contributed by atoms with E-state index in [4.69, 9.17) is 23.2 Å². The molecule has 1 aromatic heterocycles. The highest BCUT2D eigenvalue weighted by atomic mass is 35.5. The third-order valence-electron chi connectivity index (χ3n) is 4.73. The summed E-state index contributed by atoms with van der Waals surface area (Å²) < 4.78 is 1.80. The number of thioether (sulfide) groups is 1. The molecule has 0 bridgehead atoms. The van der Waals surface area contributed by atoms with Crippen molar-refractivity contribution in [1.29, 1.82) is 0 Å². The predicted octanol–water partition coefficient (Wildman–Crippen LogP) is 4.48. The maximum absolute atomic E-state index is 12.4. The zero-order valence-corrected chi connectivity index (χ0v) is 20.5. The second-order valence-electron chi connectivity index (χ2n) is 7.05. The second kappa shape index (κ2) is 11.3. The van der Waals surface area contributed by atoms with Gasteiger partial charge in [-0.05, 0) is 43.7 Å². The molecule has 0 atom stereocenters. The summed E-state index contributed by atoms with van der Waals surface area (Å²) in [6.45, 7) is 4.26. The van der Waals surface area contributed by atoms with E-state index in [2.05, 4.69) is 20.8 Å². The molecular weight excluding hydrogens is 503 g/mol. The maximum atomic E-state index is 12.4. The number of nitrogens with one attached hydrogen (secondary N) is 2. The molecule has 3 rings (SSSR count). The van der Waals surface area contributed by atoms with Crippen LogP contribution < -0.4 is 10.6 Å². The Balaban J connectivity index is 1.58. The highest BCUT2D eigenvalue weighted by Crippen LogP contribution is 2.24. The van der Waals surface area contributed by atoms with Crippen molar-refractivity contribution >= 4 is 58.2 Å². The van der Waals surface area contributed by atoms with E-state index < -0.39 is 4.92 Å². The van der Waals surface area contributed by atoms with Crippen LogP contribution in [0.15, 0.2) is 41.6 Å². The van der Waals surface area contributed by atoms with Crippen molar-refractivity contribution in [3.63, 3.8) is 0 Å². The van der Waals surface area contributed by atoms with E-state index in [1.54, 1.807) is 23.6 Å². The highest BCUT2D eigenvalue weighted by Gasteiger charge is 2.16. The molecule has 0 radical (unpaired) electrons. The van der Waals surface area contributed by atoms with E-state index in [1.807, 2.05) is 6.92 Å². The maximum Gasteiger partial charge on any atom is 0.269 e. The molecule has 1 heterocycles. The van der Waals surface area contributed by atoms with Crippen molar-refractivity contribution in [3.05, 3.63) is 73.5 Å². The van der Waals surface area contributed by atoms with Gasteiger partial charge >= 0.3 is 0 Å². The van der Waals surface area contributed by atoms with Crippen molar-refractivity contribution in [1.82, 2.24) is 20.1 Å². The molecule has 0 saturated carbocycles. The number of carbonyl (C=O) groups is 2. The average molecular weight is 523 g/mol. The van der Waals surface area contributed by atoms with E-state index in [0.29, 0.717) is 39.4 Å². The summed E-state index contributed by atoms with van der Waals surface area (Å²) in [6, 6.07) is 8.83. The van der Waals surface area contributed by atoms with Gasteiger partial charge in [0.15, 0.2) is 11.0 Å². The lowest BCUT2D eigenvalue weighted by molar-refractivity contribution is -0.384. The van der Waals surface area contributed by atoms with Gasteiger partial charge in [-0.15, -0.1) is 10.2 Å². The lowest BCUT2D eigenvalue weighted by Gasteiger charge is -2.10. The van der Waals surface area contributed by atoms with Crippen molar-refractivity contribution in [2.75, 3.05) is 11.1 Å². The Hall–Kier alpha value is -3.15. The number of non-ortho nitro benzene ring substituents is 1. The molecule has 3 aromatic rings. The van der Waals surface area contributed by atoms with Crippen LogP contribution in [-0.2, 0) is 17.9 Å². The molecule has 0 fully saturated rings. The van der Waals surface area contributed by atoms with Crippen molar-refractivity contribution in [3.8, 4) is 0 Å². The van der Waals surface area contributed by atoms with Gasteiger partial charge in [0, 0.05) is 29.9 Å². The van der Waals surface area contributed by atoms with Gasteiger partial charge in [-0.25, -0.2) is 0 Å². The van der Waals surface area contributed by atoms with Crippen LogP contribution in [0.4, 0.5) is 11.4 Å². The van der Waals surface area contributed by atoms with Crippen molar-refractivity contribution in [2.45, 2.75) is 32.1 Å². The van der Waals surface area contributed by atoms with Gasteiger partial charge in [-0.2, -0.15) is 0 Å². The van der Waals surface area contributed by atoms with Gasteiger partial charge in [-0.3, -0.25) is 19.7 Å². The lowest BCUT2D eigenvalue weighted by atomic mass is 10.2. The number of hydrogen-bond acceptors (Lipinski definition) is 7. The third-order valence-corrected chi connectivity index (χ3v) is 6.43. The number of nitro groups is 1. The molecule has 0 unspecified atom stereocenters. The summed E-state index contributed by atoms with van der Waals surface area (Å²) in [6.07, 6.45) is 0. The number of aryl methyl sites for hydroxylation is 1. The molecule has 0 spiro atoms. The minimum absolute atomic E-state index is 0.0419. The van der Waals surface area contributed by atoms with Crippen LogP contribution in [0.2, 0.25) is 10.0 Å². The molecule has 2 N–H and O–H groups in total. The highest BCUT2D eigenvalue weighted by molar-refractivity contribution is 7.99. The smallest absolute Gasteiger partial charge is 0.269 e. The fourth-order valence-electron chi connectivity index (χ4n) is 2.99. The van der Waals surface area contributed by atoms with Gasteiger partial charge in [0.05, 0.1) is 27.3 Å². The number of nitro benzene ring substituents is 1. The summed E-state index contributed by atoms with van der Waals surface area (Å²) in [4.78, 5) is 35.1. The Morgan fingerprint density at radius 2 is 1.91 bits per heavy atom. The van der Waals surface area contributed by atoms with E-state index >= 15 is 0 Å². The van der Waals surface area contributed by atoms with Gasteiger partial charge in [-0.1, -0.05) is 35.0 Å². The molecule has 10 nitrogen and oxygen atoms in total. The quantitative estimate of drug-likeness (QED) is 0.240. The van der Waals surface area contributed by atoms with Crippen LogP contribution >= 0.6 is 35.0 Å². The molecule has 0 aliphatic rings. The summed E-state index contributed by atoms with van der Waals surface area (Å²) in [5.74, 6) is -0.0344. The first-order valence-electron chi connectivity index (χ1n) is 10.0. The Labute approximate surface area is 209 Å². The Kier molecular flexibility index (Phi) is 8.48. The molecule has 2 aromatic carbocycles. The molecule has 2 amide bonds. The fourth-order valence-corrected chi connectivity index (χ4v) is 4.11. The average Bonchev–Trinajstić information content (AvgIpc) is 3.20. The fraction of sp³-hybridized carbons (Fsp3) is 0.238. The van der Waals surface area contributed by atoms with Crippen LogP contribution in [0.25, 0.3) is 0 Å². The number of hydrogen-bond donors (Lipinski definition) is 2. The van der Waals surface area contributed by atoms with Crippen LogP contribution in [0.5, 0.6) is 0 Å². The molecule has 0 saturated heterocycles.